The fourth-order valence-electron chi connectivity index (χ4n) is 2.44. The summed E-state index contributed by atoms with van der Waals surface area (Å²) in [6.07, 6.45) is 2.59. The zero-order valence-corrected chi connectivity index (χ0v) is 10.7. The van der Waals surface area contributed by atoms with Crippen LogP contribution >= 0.6 is 0 Å². The second kappa shape index (κ2) is 4.26. The van der Waals surface area contributed by atoms with Crippen LogP contribution in [0.15, 0.2) is 23.0 Å². The molecule has 2 N–H and O–H groups in total. The first-order valence-electron chi connectivity index (χ1n) is 6.52. The average molecular weight is 260 g/mol. The van der Waals surface area contributed by atoms with Crippen LogP contribution in [0.3, 0.4) is 0 Å². The van der Waals surface area contributed by atoms with Gasteiger partial charge in [-0.25, -0.2) is 4.79 Å². The van der Waals surface area contributed by atoms with Crippen LogP contribution in [0.1, 0.15) is 31.4 Å². The van der Waals surface area contributed by atoms with E-state index in [0.29, 0.717) is 12.5 Å². The predicted molar refractivity (Wildman–Crippen MR) is 71.3 cm³/mol. The minimum atomic E-state index is -0.802. The van der Waals surface area contributed by atoms with Crippen LogP contribution in [0.2, 0.25) is 0 Å². The van der Waals surface area contributed by atoms with Gasteiger partial charge in [-0.2, -0.15) is 0 Å². The fourth-order valence-corrected chi connectivity index (χ4v) is 2.44. The van der Waals surface area contributed by atoms with Gasteiger partial charge in [-0.1, -0.05) is 13.0 Å². The highest BCUT2D eigenvalue weighted by Gasteiger charge is 2.27. The molecule has 0 amide bonds. The number of fused-ring (bicyclic) bond motifs is 1. The number of hydrogen-bond acceptors (Lipinski definition) is 2. The van der Waals surface area contributed by atoms with E-state index in [2.05, 4.69) is 4.98 Å². The summed E-state index contributed by atoms with van der Waals surface area (Å²) in [5.41, 5.74) is 2.58. The second-order valence-electron chi connectivity index (χ2n) is 5.33. The van der Waals surface area contributed by atoms with Crippen molar-refractivity contribution in [3.8, 4) is 0 Å². The third kappa shape index (κ3) is 2.16. The van der Waals surface area contributed by atoms with E-state index in [1.807, 2.05) is 18.2 Å². The van der Waals surface area contributed by atoms with Crippen molar-refractivity contribution < 1.29 is 9.90 Å². The molecule has 1 aromatic carbocycles. The number of carboxylic acids is 1. The Bertz CT molecular complexity index is 694. The van der Waals surface area contributed by atoms with Gasteiger partial charge in [0.2, 0.25) is 0 Å². The van der Waals surface area contributed by atoms with E-state index in [0.717, 1.165) is 29.4 Å². The summed E-state index contributed by atoms with van der Waals surface area (Å²) in [6, 6.07) is 6.04. The van der Waals surface area contributed by atoms with Crippen LogP contribution in [0.25, 0.3) is 11.0 Å². The molecule has 5 nitrogen and oxygen atoms in total. The highest BCUT2D eigenvalue weighted by Crippen LogP contribution is 2.35. The predicted octanol–water partition coefficient (Wildman–Crippen LogP) is 1.93. The number of benzene rings is 1. The van der Waals surface area contributed by atoms with Gasteiger partial charge >= 0.3 is 11.7 Å². The lowest BCUT2D eigenvalue weighted by Gasteiger charge is -2.06. The molecule has 1 heterocycles. The highest BCUT2D eigenvalue weighted by atomic mass is 16.4. The van der Waals surface area contributed by atoms with E-state index in [1.165, 1.54) is 0 Å². The molecule has 0 saturated heterocycles. The largest absolute Gasteiger partial charge is 0.481 e. The molecule has 0 spiro atoms. The fraction of sp³-hybridized carbons (Fsp3) is 0.429. The molecular formula is C14H16N2O3. The van der Waals surface area contributed by atoms with Crippen LogP contribution in [0.4, 0.5) is 0 Å². The topological polar surface area (TPSA) is 75.1 Å². The Kier molecular flexibility index (Phi) is 2.69. The Balaban J connectivity index is 1.98. The van der Waals surface area contributed by atoms with Gasteiger partial charge in [-0.3, -0.25) is 9.36 Å². The minimum Gasteiger partial charge on any atom is -0.481 e. The third-order valence-corrected chi connectivity index (χ3v) is 3.66. The van der Waals surface area contributed by atoms with Crippen LogP contribution in [-0.4, -0.2) is 20.6 Å². The lowest BCUT2D eigenvalue weighted by molar-refractivity contribution is -0.141. The van der Waals surface area contributed by atoms with Crippen LogP contribution in [0, 0.1) is 5.92 Å². The molecule has 19 heavy (non-hydrogen) atoms. The van der Waals surface area contributed by atoms with Gasteiger partial charge in [-0.15, -0.1) is 0 Å². The number of nitrogens with one attached hydrogen (secondary N) is 1. The number of aromatic amines is 1. The average Bonchev–Trinajstić information content (AvgIpc) is 3.12. The standard InChI is InChI=1S/C14H16N2O3/c1-8(13(17)18)6-9-2-5-12-11(7-9)15-14(19)16(12)10-3-4-10/h2,5,7-8,10H,3-4,6H2,1H3,(H,15,19)(H,17,18). The van der Waals surface area contributed by atoms with Gasteiger partial charge in [0, 0.05) is 6.04 Å². The number of carboxylic acid groups (broad SMARTS) is 1. The Labute approximate surface area is 109 Å². The molecule has 100 valence electrons. The number of aromatic nitrogens is 2. The lowest BCUT2D eigenvalue weighted by atomic mass is 10.0. The number of hydrogen-bond donors (Lipinski definition) is 2. The van der Waals surface area contributed by atoms with Crippen LogP contribution in [0.5, 0.6) is 0 Å². The van der Waals surface area contributed by atoms with E-state index in [9.17, 15) is 9.59 Å². The number of nitrogens with zero attached hydrogens (tertiary/aromatic N) is 1. The molecule has 1 fully saturated rings. The molecule has 0 radical (unpaired) electrons. The summed E-state index contributed by atoms with van der Waals surface area (Å²) in [5.74, 6) is -1.22. The highest BCUT2D eigenvalue weighted by molar-refractivity contribution is 5.77. The Morgan fingerprint density at radius 3 is 2.89 bits per heavy atom. The molecular weight excluding hydrogens is 244 g/mol. The molecule has 3 rings (SSSR count). The van der Waals surface area contributed by atoms with Crippen LogP contribution in [-0.2, 0) is 11.2 Å². The number of imidazole rings is 1. The molecule has 1 aromatic heterocycles. The van der Waals surface area contributed by atoms with Gasteiger partial charge in [0.05, 0.1) is 17.0 Å². The first-order chi connectivity index (χ1) is 9.06. The maximum atomic E-state index is 11.9. The Morgan fingerprint density at radius 1 is 1.53 bits per heavy atom. The summed E-state index contributed by atoms with van der Waals surface area (Å²) >= 11 is 0. The zero-order valence-electron chi connectivity index (χ0n) is 10.7. The van der Waals surface area contributed by atoms with E-state index in [4.69, 9.17) is 5.11 Å². The number of H-pyrrole nitrogens is 1. The summed E-state index contributed by atoms with van der Waals surface area (Å²) in [6.45, 7) is 1.69. The Morgan fingerprint density at radius 2 is 2.26 bits per heavy atom. The SMILES string of the molecule is CC(Cc1ccc2c(c1)[nH]c(=O)n2C1CC1)C(=O)O. The molecule has 1 atom stereocenters. The maximum Gasteiger partial charge on any atom is 0.326 e. The van der Waals surface area contributed by atoms with Crippen molar-refractivity contribution in [2.45, 2.75) is 32.2 Å². The molecule has 1 unspecified atom stereocenters. The third-order valence-electron chi connectivity index (χ3n) is 3.66. The first-order valence-corrected chi connectivity index (χ1v) is 6.52. The van der Waals surface area contributed by atoms with Gasteiger partial charge in [0.15, 0.2) is 0 Å². The van der Waals surface area contributed by atoms with Crippen molar-refractivity contribution in [2.75, 3.05) is 0 Å². The molecule has 5 heteroatoms. The van der Waals surface area contributed by atoms with Crippen molar-refractivity contribution >= 4 is 17.0 Å². The number of rotatable bonds is 4. The monoisotopic (exact) mass is 260 g/mol. The second-order valence-corrected chi connectivity index (χ2v) is 5.33. The van der Waals surface area contributed by atoms with E-state index >= 15 is 0 Å². The van der Waals surface area contributed by atoms with Crippen molar-refractivity contribution in [3.63, 3.8) is 0 Å². The quantitative estimate of drug-likeness (QED) is 0.882. The maximum absolute atomic E-state index is 11.9. The van der Waals surface area contributed by atoms with E-state index in [1.54, 1.807) is 11.5 Å². The van der Waals surface area contributed by atoms with Gasteiger partial charge in [0.1, 0.15) is 0 Å². The minimum absolute atomic E-state index is 0.0686. The normalized spacial score (nSPS) is 16.7. The summed E-state index contributed by atoms with van der Waals surface area (Å²) in [5, 5.41) is 8.92. The molecule has 2 aromatic rings. The summed E-state index contributed by atoms with van der Waals surface area (Å²) < 4.78 is 1.81. The van der Waals surface area contributed by atoms with Gasteiger partial charge in [0.25, 0.3) is 0 Å². The van der Waals surface area contributed by atoms with Crippen molar-refractivity contribution in [1.29, 1.82) is 0 Å². The molecule has 1 aliphatic carbocycles. The summed E-state index contributed by atoms with van der Waals surface area (Å²) in [4.78, 5) is 25.6. The van der Waals surface area contributed by atoms with Crippen molar-refractivity contribution in [1.82, 2.24) is 9.55 Å². The van der Waals surface area contributed by atoms with Crippen molar-refractivity contribution in [2.24, 2.45) is 5.92 Å². The van der Waals surface area contributed by atoms with Gasteiger partial charge < -0.3 is 10.1 Å². The van der Waals surface area contributed by atoms with Crippen LogP contribution < -0.4 is 5.69 Å². The number of carbonyl (C=O) groups is 1. The molecule has 1 saturated carbocycles. The number of aliphatic carboxylic acids is 1. The van der Waals surface area contributed by atoms with E-state index in [-0.39, 0.29) is 5.69 Å². The van der Waals surface area contributed by atoms with E-state index < -0.39 is 11.9 Å². The van der Waals surface area contributed by atoms with Gasteiger partial charge in [-0.05, 0) is 37.0 Å². The zero-order chi connectivity index (χ0) is 13.6. The first kappa shape index (κ1) is 12.0. The summed E-state index contributed by atoms with van der Waals surface area (Å²) in [7, 11) is 0. The molecule has 0 aliphatic heterocycles. The smallest absolute Gasteiger partial charge is 0.326 e. The molecule has 0 bridgehead atoms. The Hall–Kier alpha value is -2.04. The lowest BCUT2D eigenvalue weighted by Crippen LogP contribution is -2.14. The van der Waals surface area contributed by atoms with Crippen molar-refractivity contribution in [3.05, 3.63) is 34.2 Å². The molecule has 1 aliphatic rings.